The van der Waals surface area contributed by atoms with Crippen LogP contribution in [0, 0.1) is 0 Å². The van der Waals surface area contributed by atoms with Gasteiger partial charge in [-0.25, -0.2) is 0 Å². The van der Waals surface area contributed by atoms with Gasteiger partial charge in [-0.3, -0.25) is 0 Å². The summed E-state index contributed by atoms with van der Waals surface area (Å²) in [7, 11) is 0. The van der Waals surface area contributed by atoms with E-state index in [1.165, 1.54) is 0 Å². The standard InChI is InChI=1S/C15H13Cl3N2S/c16-10-3-4-14(12(7-10)15(19)21)20-6-5-9-1-2-11(17)8-13(9)18/h1-4,7-8,20H,5-6H2,(H2,19,21). The molecule has 0 unspecified atom stereocenters. The average molecular weight is 360 g/mol. The highest BCUT2D eigenvalue weighted by Gasteiger charge is 2.07. The molecule has 0 atom stereocenters. The lowest BCUT2D eigenvalue weighted by molar-refractivity contribution is 1.02. The fourth-order valence-electron chi connectivity index (χ4n) is 1.93. The summed E-state index contributed by atoms with van der Waals surface area (Å²) >= 11 is 23.0. The Bertz CT molecular complexity index is 674. The molecule has 2 aromatic rings. The van der Waals surface area contributed by atoms with Gasteiger partial charge < -0.3 is 11.1 Å². The van der Waals surface area contributed by atoms with Crippen LogP contribution in [0.5, 0.6) is 0 Å². The lowest BCUT2D eigenvalue weighted by Gasteiger charge is -2.12. The van der Waals surface area contributed by atoms with Crippen molar-refractivity contribution >= 4 is 57.7 Å². The summed E-state index contributed by atoms with van der Waals surface area (Å²) in [6.45, 7) is 0.693. The highest BCUT2D eigenvalue weighted by Crippen LogP contribution is 2.23. The molecule has 0 aromatic heterocycles. The van der Waals surface area contributed by atoms with E-state index in [4.69, 9.17) is 52.8 Å². The number of rotatable bonds is 5. The Morgan fingerprint density at radius 1 is 1.05 bits per heavy atom. The Kier molecular flexibility index (Phi) is 5.71. The lowest BCUT2D eigenvalue weighted by atomic mass is 10.1. The van der Waals surface area contributed by atoms with Crippen molar-refractivity contribution in [3.05, 3.63) is 62.6 Å². The highest BCUT2D eigenvalue weighted by atomic mass is 35.5. The van der Waals surface area contributed by atoms with Crippen molar-refractivity contribution in [1.82, 2.24) is 0 Å². The second kappa shape index (κ2) is 7.32. The predicted octanol–water partition coefficient (Wildman–Crippen LogP) is 4.94. The molecule has 110 valence electrons. The van der Waals surface area contributed by atoms with Crippen molar-refractivity contribution in [2.75, 3.05) is 11.9 Å². The van der Waals surface area contributed by atoms with Gasteiger partial charge in [0.25, 0.3) is 0 Å². The number of nitrogens with one attached hydrogen (secondary N) is 1. The predicted molar refractivity (Wildman–Crippen MR) is 96.0 cm³/mol. The molecule has 0 amide bonds. The summed E-state index contributed by atoms with van der Waals surface area (Å²) in [6.07, 6.45) is 0.759. The molecule has 0 fully saturated rings. The van der Waals surface area contributed by atoms with Crippen LogP contribution >= 0.6 is 47.0 Å². The monoisotopic (exact) mass is 358 g/mol. The summed E-state index contributed by atoms with van der Waals surface area (Å²) in [6, 6.07) is 10.9. The van der Waals surface area contributed by atoms with E-state index in [1.807, 2.05) is 18.2 Å². The SMILES string of the molecule is NC(=S)c1cc(Cl)ccc1NCCc1ccc(Cl)cc1Cl. The minimum atomic E-state index is 0.310. The van der Waals surface area contributed by atoms with Crippen LogP contribution in [-0.4, -0.2) is 11.5 Å². The first-order chi connectivity index (χ1) is 9.97. The van der Waals surface area contributed by atoms with E-state index in [9.17, 15) is 0 Å². The van der Waals surface area contributed by atoms with Crippen molar-refractivity contribution in [1.29, 1.82) is 0 Å². The molecule has 21 heavy (non-hydrogen) atoms. The van der Waals surface area contributed by atoms with Crippen LogP contribution < -0.4 is 11.1 Å². The fourth-order valence-corrected chi connectivity index (χ4v) is 2.77. The molecule has 0 saturated heterocycles. The zero-order valence-electron chi connectivity index (χ0n) is 11.0. The second-order valence-electron chi connectivity index (χ2n) is 4.47. The van der Waals surface area contributed by atoms with E-state index in [0.29, 0.717) is 26.6 Å². The van der Waals surface area contributed by atoms with Crippen LogP contribution in [0.25, 0.3) is 0 Å². The Morgan fingerprint density at radius 2 is 1.71 bits per heavy atom. The molecular weight excluding hydrogens is 347 g/mol. The van der Waals surface area contributed by atoms with E-state index in [0.717, 1.165) is 23.2 Å². The molecule has 2 aromatic carbocycles. The third-order valence-electron chi connectivity index (χ3n) is 2.97. The molecule has 0 saturated carbocycles. The van der Waals surface area contributed by atoms with Crippen LogP contribution in [0.3, 0.4) is 0 Å². The van der Waals surface area contributed by atoms with Crippen molar-refractivity contribution in [2.45, 2.75) is 6.42 Å². The number of halogens is 3. The van der Waals surface area contributed by atoms with E-state index in [1.54, 1.807) is 18.2 Å². The molecule has 0 aliphatic carbocycles. The number of hydrogen-bond acceptors (Lipinski definition) is 2. The molecule has 0 bridgehead atoms. The summed E-state index contributed by atoms with van der Waals surface area (Å²) in [5.74, 6) is 0. The first kappa shape index (κ1) is 16.4. The maximum absolute atomic E-state index is 6.14. The lowest BCUT2D eigenvalue weighted by Crippen LogP contribution is -2.14. The number of benzene rings is 2. The third-order valence-corrected chi connectivity index (χ3v) is 4.01. The summed E-state index contributed by atoms with van der Waals surface area (Å²) in [5.41, 5.74) is 8.33. The molecule has 0 radical (unpaired) electrons. The quantitative estimate of drug-likeness (QED) is 0.743. The minimum absolute atomic E-state index is 0.310. The van der Waals surface area contributed by atoms with Crippen molar-refractivity contribution in [3.63, 3.8) is 0 Å². The molecule has 0 aliphatic heterocycles. The van der Waals surface area contributed by atoms with Crippen LogP contribution in [0.2, 0.25) is 15.1 Å². The van der Waals surface area contributed by atoms with Crippen LogP contribution in [0.1, 0.15) is 11.1 Å². The van der Waals surface area contributed by atoms with Crippen molar-refractivity contribution < 1.29 is 0 Å². The highest BCUT2D eigenvalue weighted by molar-refractivity contribution is 7.80. The molecule has 3 N–H and O–H groups in total. The third kappa shape index (κ3) is 4.48. The maximum atomic E-state index is 6.14. The van der Waals surface area contributed by atoms with E-state index < -0.39 is 0 Å². The summed E-state index contributed by atoms with van der Waals surface area (Å²) in [4.78, 5) is 0.310. The summed E-state index contributed by atoms with van der Waals surface area (Å²) in [5, 5.41) is 5.19. The zero-order valence-corrected chi connectivity index (χ0v) is 14.1. The van der Waals surface area contributed by atoms with Gasteiger partial charge in [0, 0.05) is 32.9 Å². The van der Waals surface area contributed by atoms with Gasteiger partial charge in [0.15, 0.2) is 0 Å². The van der Waals surface area contributed by atoms with Gasteiger partial charge in [-0.2, -0.15) is 0 Å². The van der Waals surface area contributed by atoms with E-state index in [-0.39, 0.29) is 0 Å². The Labute approximate surface area is 144 Å². The Balaban J connectivity index is 2.05. The van der Waals surface area contributed by atoms with Gasteiger partial charge in [0.05, 0.1) is 0 Å². The van der Waals surface area contributed by atoms with Gasteiger partial charge >= 0.3 is 0 Å². The first-order valence-corrected chi connectivity index (χ1v) is 7.79. The van der Waals surface area contributed by atoms with Crippen LogP contribution in [-0.2, 0) is 6.42 Å². The molecule has 0 heterocycles. The van der Waals surface area contributed by atoms with Crippen molar-refractivity contribution in [2.24, 2.45) is 5.73 Å². The Morgan fingerprint density at radius 3 is 2.38 bits per heavy atom. The number of nitrogens with two attached hydrogens (primary N) is 1. The van der Waals surface area contributed by atoms with Crippen molar-refractivity contribution in [3.8, 4) is 0 Å². The Hall–Kier alpha value is -1.000. The molecule has 2 rings (SSSR count). The molecule has 2 nitrogen and oxygen atoms in total. The van der Waals surface area contributed by atoms with E-state index >= 15 is 0 Å². The topological polar surface area (TPSA) is 38.0 Å². The number of hydrogen-bond donors (Lipinski definition) is 2. The molecule has 0 spiro atoms. The zero-order chi connectivity index (χ0) is 15.4. The summed E-state index contributed by atoms with van der Waals surface area (Å²) < 4.78 is 0. The maximum Gasteiger partial charge on any atom is 0.106 e. The van der Waals surface area contributed by atoms with Gasteiger partial charge in [0.2, 0.25) is 0 Å². The normalized spacial score (nSPS) is 10.4. The van der Waals surface area contributed by atoms with Gasteiger partial charge in [-0.1, -0.05) is 53.1 Å². The van der Waals surface area contributed by atoms with E-state index in [2.05, 4.69) is 5.32 Å². The van der Waals surface area contributed by atoms with Gasteiger partial charge in [-0.05, 0) is 42.3 Å². The largest absolute Gasteiger partial charge is 0.389 e. The molecule has 0 aliphatic rings. The molecular formula is C15H13Cl3N2S. The van der Waals surface area contributed by atoms with Crippen LogP contribution in [0.4, 0.5) is 5.69 Å². The smallest absolute Gasteiger partial charge is 0.106 e. The number of anilines is 1. The first-order valence-electron chi connectivity index (χ1n) is 6.24. The van der Waals surface area contributed by atoms with Crippen LogP contribution in [0.15, 0.2) is 36.4 Å². The van der Waals surface area contributed by atoms with Gasteiger partial charge in [-0.15, -0.1) is 0 Å². The minimum Gasteiger partial charge on any atom is -0.389 e. The fraction of sp³-hybridized carbons (Fsp3) is 0.133. The second-order valence-corrected chi connectivity index (χ2v) is 6.19. The van der Waals surface area contributed by atoms with Gasteiger partial charge in [0.1, 0.15) is 4.99 Å². The average Bonchev–Trinajstić information content (AvgIpc) is 2.42. The molecule has 6 heteroatoms. The number of thiocarbonyl (C=S) groups is 1.